The van der Waals surface area contributed by atoms with Gasteiger partial charge in [-0.25, -0.2) is 4.39 Å². The Morgan fingerprint density at radius 2 is 1.77 bits per heavy atom. The van der Waals surface area contributed by atoms with Crippen LogP contribution >= 0.6 is 0 Å². The third kappa shape index (κ3) is 3.96. The molecule has 22 heavy (non-hydrogen) atoms. The topological polar surface area (TPSA) is 63.4 Å². The molecular weight excluding hydrogens is 304 g/mol. The molecule has 4 nitrogen and oxygen atoms in total. The van der Waals surface area contributed by atoms with Crippen LogP contribution < -0.4 is 5.73 Å². The lowest BCUT2D eigenvalue weighted by atomic mass is 10.1. The number of rotatable bonds is 5. The molecule has 8 heteroatoms. The summed E-state index contributed by atoms with van der Waals surface area (Å²) in [5, 5.41) is 0. The minimum absolute atomic E-state index is 0.00897. The predicted octanol–water partition coefficient (Wildman–Crippen LogP) is 1.99. The van der Waals surface area contributed by atoms with Crippen molar-refractivity contribution in [3.05, 3.63) is 35.4 Å². The fraction of sp³-hybridized carbons (Fsp3) is 0.429. The summed E-state index contributed by atoms with van der Waals surface area (Å²) in [6.07, 6.45) is -5.21. The maximum atomic E-state index is 12.9. The van der Waals surface area contributed by atoms with Crippen molar-refractivity contribution < 1.29 is 27.2 Å². The molecule has 0 radical (unpaired) electrons. The molecule has 1 aliphatic rings. The van der Waals surface area contributed by atoms with Crippen LogP contribution in [0.15, 0.2) is 24.3 Å². The number of alkyl halides is 4. The molecule has 1 aromatic carbocycles. The monoisotopic (exact) mass is 318 g/mol. The van der Waals surface area contributed by atoms with Crippen LogP contribution in [-0.2, 0) is 11.0 Å². The van der Waals surface area contributed by atoms with Gasteiger partial charge in [-0.05, 0) is 30.7 Å². The molecular formula is C14H14F4N2O2. The highest BCUT2D eigenvalue weighted by Gasteiger charge is 2.40. The normalized spacial score (nSPS) is 20.5. The molecule has 120 valence electrons. The summed E-state index contributed by atoms with van der Waals surface area (Å²) >= 11 is 0. The second kappa shape index (κ2) is 5.94. The Balaban J connectivity index is 2.13. The number of nitrogens with zero attached hydrogens (tertiary/aromatic N) is 1. The van der Waals surface area contributed by atoms with Gasteiger partial charge in [0.25, 0.3) is 5.91 Å². The van der Waals surface area contributed by atoms with Crippen LogP contribution in [0.4, 0.5) is 17.6 Å². The number of nitrogens with two attached hydrogens (primary N) is 1. The minimum atomic E-state index is -4.50. The average molecular weight is 318 g/mol. The third-order valence-electron chi connectivity index (χ3n) is 3.38. The van der Waals surface area contributed by atoms with E-state index in [0.29, 0.717) is 6.42 Å². The molecule has 0 bridgehead atoms. The van der Waals surface area contributed by atoms with E-state index < -0.39 is 36.3 Å². The Hall–Kier alpha value is -2.12. The van der Waals surface area contributed by atoms with Gasteiger partial charge in [-0.15, -0.1) is 0 Å². The summed E-state index contributed by atoms with van der Waals surface area (Å²) in [6.45, 7) is -0.382. The van der Waals surface area contributed by atoms with E-state index in [9.17, 15) is 27.2 Å². The smallest absolute Gasteiger partial charge is 0.368 e. The SMILES string of the molecule is NC(=O)CN(CC1CC1F)C(=O)c1ccc(C(F)(F)F)cc1. The Kier molecular flexibility index (Phi) is 4.39. The maximum Gasteiger partial charge on any atom is 0.416 e. The van der Waals surface area contributed by atoms with Gasteiger partial charge < -0.3 is 10.6 Å². The number of primary amides is 1. The quantitative estimate of drug-likeness (QED) is 0.844. The first-order valence-electron chi connectivity index (χ1n) is 6.57. The lowest BCUT2D eigenvalue weighted by molar-refractivity contribution is -0.137. The van der Waals surface area contributed by atoms with Crippen LogP contribution in [-0.4, -0.2) is 36.0 Å². The van der Waals surface area contributed by atoms with Crippen molar-refractivity contribution in [3.8, 4) is 0 Å². The summed E-state index contributed by atoms with van der Waals surface area (Å²) < 4.78 is 50.4. The Labute approximate surface area is 123 Å². The van der Waals surface area contributed by atoms with Gasteiger partial charge in [-0.1, -0.05) is 0 Å². The lowest BCUT2D eigenvalue weighted by Gasteiger charge is -2.21. The number of carbonyl (C=O) groups excluding carboxylic acids is 2. The molecule has 1 aliphatic carbocycles. The molecule has 2 unspecified atom stereocenters. The number of hydrogen-bond donors (Lipinski definition) is 1. The number of carbonyl (C=O) groups is 2. The van der Waals surface area contributed by atoms with Gasteiger partial charge in [0.05, 0.1) is 12.1 Å². The molecule has 0 spiro atoms. The summed E-state index contributed by atoms with van der Waals surface area (Å²) in [5.74, 6) is -1.76. The van der Waals surface area contributed by atoms with Crippen LogP contribution in [0.1, 0.15) is 22.3 Å². The highest BCUT2D eigenvalue weighted by atomic mass is 19.4. The Morgan fingerprint density at radius 1 is 1.23 bits per heavy atom. The van der Waals surface area contributed by atoms with Gasteiger partial charge >= 0.3 is 6.18 Å². The maximum absolute atomic E-state index is 12.9. The summed E-state index contributed by atoms with van der Waals surface area (Å²) in [4.78, 5) is 24.3. The molecule has 0 aromatic heterocycles. The molecule has 1 fully saturated rings. The van der Waals surface area contributed by atoms with Crippen LogP contribution in [0.5, 0.6) is 0 Å². The first kappa shape index (κ1) is 16.3. The van der Waals surface area contributed by atoms with E-state index in [1.165, 1.54) is 0 Å². The minimum Gasteiger partial charge on any atom is -0.368 e. The molecule has 1 aromatic rings. The number of hydrogen-bond acceptors (Lipinski definition) is 2. The first-order chi connectivity index (χ1) is 10.2. The van der Waals surface area contributed by atoms with Crippen molar-refractivity contribution in [1.82, 2.24) is 4.90 Å². The van der Waals surface area contributed by atoms with E-state index in [0.717, 1.165) is 29.2 Å². The van der Waals surface area contributed by atoms with E-state index in [4.69, 9.17) is 5.73 Å². The zero-order chi connectivity index (χ0) is 16.5. The first-order valence-corrected chi connectivity index (χ1v) is 6.57. The Bertz CT molecular complexity index is 571. The van der Waals surface area contributed by atoms with Crippen molar-refractivity contribution in [2.45, 2.75) is 18.8 Å². The molecule has 0 saturated heterocycles. The standard InChI is InChI=1S/C14H14F4N2O2/c15-11-5-9(11)6-20(7-12(19)21)13(22)8-1-3-10(4-2-8)14(16,17)18/h1-4,9,11H,5-7H2,(H2,19,21). The number of amides is 2. The van der Waals surface area contributed by atoms with Gasteiger partial charge in [0, 0.05) is 18.0 Å². The molecule has 2 atom stereocenters. The van der Waals surface area contributed by atoms with Crippen molar-refractivity contribution in [2.75, 3.05) is 13.1 Å². The summed E-state index contributed by atoms with van der Waals surface area (Å²) in [6, 6.07) is 3.62. The summed E-state index contributed by atoms with van der Waals surface area (Å²) in [7, 11) is 0. The van der Waals surface area contributed by atoms with Gasteiger partial charge in [0.15, 0.2) is 0 Å². The van der Waals surface area contributed by atoms with Crippen molar-refractivity contribution in [1.29, 1.82) is 0 Å². The fourth-order valence-corrected chi connectivity index (χ4v) is 2.07. The summed E-state index contributed by atoms with van der Waals surface area (Å²) in [5.41, 5.74) is 4.16. The molecule has 0 aliphatic heterocycles. The molecule has 1 saturated carbocycles. The van der Waals surface area contributed by atoms with E-state index in [-0.39, 0.29) is 18.0 Å². The zero-order valence-corrected chi connectivity index (χ0v) is 11.4. The zero-order valence-electron chi connectivity index (χ0n) is 11.4. The molecule has 0 heterocycles. The lowest BCUT2D eigenvalue weighted by Crippen LogP contribution is -2.40. The van der Waals surface area contributed by atoms with Gasteiger partial charge in [0.2, 0.25) is 5.91 Å². The van der Waals surface area contributed by atoms with E-state index in [2.05, 4.69) is 0 Å². The van der Waals surface area contributed by atoms with E-state index in [1.54, 1.807) is 0 Å². The van der Waals surface area contributed by atoms with Crippen molar-refractivity contribution in [2.24, 2.45) is 11.7 Å². The van der Waals surface area contributed by atoms with Crippen LogP contribution in [0, 0.1) is 5.92 Å². The number of halogens is 4. The van der Waals surface area contributed by atoms with Crippen LogP contribution in [0.3, 0.4) is 0 Å². The molecule has 2 rings (SSSR count). The molecule has 2 N–H and O–H groups in total. The number of benzene rings is 1. The highest BCUT2D eigenvalue weighted by Crippen LogP contribution is 2.34. The van der Waals surface area contributed by atoms with Gasteiger partial charge in [-0.2, -0.15) is 13.2 Å². The highest BCUT2D eigenvalue weighted by molar-refractivity contribution is 5.96. The third-order valence-corrected chi connectivity index (χ3v) is 3.38. The van der Waals surface area contributed by atoms with E-state index >= 15 is 0 Å². The largest absolute Gasteiger partial charge is 0.416 e. The van der Waals surface area contributed by atoms with Crippen LogP contribution in [0.25, 0.3) is 0 Å². The van der Waals surface area contributed by atoms with Gasteiger partial charge in [0.1, 0.15) is 6.17 Å². The fourth-order valence-electron chi connectivity index (χ4n) is 2.07. The average Bonchev–Trinajstić information content (AvgIpc) is 3.11. The van der Waals surface area contributed by atoms with Gasteiger partial charge in [-0.3, -0.25) is 9.59 Å². The van der Waals surface area contributed by atoms with Crippen molar-refractivity contribution >= 4 is 11.8 Å². The second-order valence-electron chi connectivity index (χ2n) is 5.24. The Morgan fingerprint density at radius 3 is 2.18 bits per heavy atom. The molecule has 2 amide bonds. The van der Waals surface area contributed by atoms with Crippen molar-refractivity contribution in [3.63, 3.8) is 0 Å². The van der Waals surface area contributed by atoms with E-state index in [1.807, 2.05) is 0 Å². The van der Waals surface area contributed by atoms with Crippen LogP contribution in [0.2, 0.25) is 0 Å². The predicted molar refractivity (Wildman–Crippen MR) is 69.5 cm³/mol. The second-order valence-corrected chi connectivity index (χ2v) is 5.24.